The van der Waals surface area contributed by atoms with Gasteiger partial charge in [-0.15, -0.1) is 0 Å². The molecule has 4 nitrogen and oxygen atoms in total. The molecule has 2 aliphatic heterocycles. The fourth-order valence-electron chi connectivity index (χ4n) is 4.61. The minimum absolute atomic E-state index is 0.0541. The van der Waals surface area contributed by atoms with E-state index in [1.807, 2.05) is 54.6 Å². The molecule has 1 unspecified atom stereocenters. The first-order chi connectivity index (χ1) is 15.6. The summed E-state index contributed by atoms with van der Waals surface area (Å²) in [7, 11) is 0. The van der Waals surface area contributed by atoms with E-state index in [1.54, 1.807) is 0 Å². The molecule has 1 saturated heterocycles. The van der Waals surface area contributed by atoms with Gasteiger partial charge in [0.25, 0.3) is 5.91 Å². The highest BCUT2D eigenvalue weighted by atomic mass is 32.2. The number of amides is 1. The molecular formula is C27H32N2O2S. The van der Waals surface area contributed by atoms with Crippen molar-refractivity contribution < 1.29 is 9.59 Å². The van der Waals surface area contributed by atoms with E-state index in [1.165, 1.54) is 44.0 Å². The molecule has 4 rings (SSSR count). The number of likely N-dealkylation sites (tertiary alicyclic amines) is 1. The number of hydrogen-bond acceptors (Lipinski definition) is 4. The Morgan fingerprint density at radius 3 is 2.84 bits per heavy atom. The van der Waals surface area contributed by atoms with Crippen LogP contribution in [0.1, 0.15) is 60.5 Å². The van der Waals surface area contributed by atoms with Gasteiger partial charge >= 0.3 is 0 Å². The second kappa shape index (κ2) is 11.0. The molecule has 0 bridgehead atoms. The number of allylic oxidation sites excluding steroid dienone is 1. The van der Waals surface area contributed by atoms with Crippen LogP contribution in [0.5, 0.6) is 0 Å². The van der Waals surface area contributed by atoms with Gasteiger partial charge < -0.3 is 10.2 Å². The molecule has 168 valence electrons. The predicted molar refractivity (Wildman–Crippen MR) is 132 cm³/mol. The Balaban J connectivity index is 1.32. The van der Waals surface area contributed by atoms with Crippen molar-refractivity contribution in [3.8, 4) is 0 Å². The topological polar surface area (TPSA) is 49.4 Å². The number of fused-ring (bicyclic) bond motifs is 1. The van der Waals surface area contributed by atoms with Crippen molar-refractivity contribution in [2.24, 2.45) is 0 Å². The summed E-state index contributed by atoms with van der Waals surface area (Å²) >= 11 is 1.49. The minimum Gasteiger partial charge on any atom is -0.352 e. The van der Waals surface area contributed by atoms with Gasteiger partial charge in [-0.1, -0.05) is 55.4 Å². The van der Waals surface area contributed by atoms with E-state index < -0.39 is 0 Å². The van der Waals surface area contributed by atoms with Crippen LogP contribution >= 0.6 is 11.8 Å². The Hall–Kier alpha value is -2.37. The molecule has 1 atom stereocenters. The zero-order valence-electron chi connectivity index (χ0n) is 18.8. The summed E-state index contributed by atoms with van der Waals surface area (Å²) in [5.74, 6) is 0.0532. The maximum absolute atomic E-state index is 12.7. The smallest absolute Gasteiger partial charge is 0.251 e. The van der Waals surface area contributed by atoms with Crippen molar-refractivity contribution in [1.29, 1.82) is 0 Å². The molecule has 0 aromatic heterocycles. The largest absolute Gasteiger partial charge is 0.352 e. The standard InChI is InChI=1S/C27H32N2O2S/c1-2-23-11-6-7-15-29(23)16-8-14-28-27(31)21-12-13-25-22(18-21)19-24(30)26(32-25)17-20-9-4-3-5-10-20/h3-5,9-10,12-13,17-18,23H,2,6-8,11,14-16,19H2,1H3,(H,28,31)/b26-17-. The quantitative estimate of drug-likeness (QED) is 0.459. The van der Waals surface area contributed by atoms with E-state index >= 15 is 0 Å². The summed E-state index contributed by atoms with van der Waals surface area (Å²) in [6.07, 6.45) is 8.40. The van der Waals surface area contributed by atoms with Crippen LogP contribution in [0.3, 0.4) is 0 Å². The Morgan fingerprint density at radius 2 is 2.03 bits per heavy atom. The molecule has 2 heterocycles. The third kappa shape index (κ3) is 5.70. The van der Waals surface area contributed by atoms with Gasteiger partial charge in [-0.05, 0) is 67.6 Å². The van der Waals surface area contributed by atoms with E-state index in [0.29, 0.717) is 24.6 Å². The lowest BCUT2D eigenvalue weighted by atomic mass is 10.00. The van der Waals surface area contributed by atoms with Gasteiger partial charge in [0.05, 0.1) is 4.91 Å². The van der Waals surface area contributed by atoms with Crippen LogP contribution in [0.4, 0.5) is 0 Å². The van der Waals surface area contributed by atoms with Crippen LogP contribution in [0.15, 0.2) is 58.3 Å². The summed E-state index contributed by atoms with van der Waals surface area (Å²) in [5, 5.41) is 3.06. The fourth-order valence-corrected chi connectivity index (χ4v) is 5.62. The van der Waals surface area contributed by atoms with Crippen molar-refractivity contribution >= 4 is 29.5 Å². The minimum atomic E-state index is -0.0541. The van der Waals surface area contributed by atoms with Crippen LogP contribution in [0.2, 0.25) is 0 Å². The van der Waals surface area contributed by atoms with Crippen molar-refractivity contribution in [2.75, 3.05) is 19.6 Å². The van der Waals surface area contributed by atoms with Gasteiger partial charge in [0.2, 0.25) is 0 Å². The lowest BCUT2D eigenvalue weighted by Gasteiger charge is -2.35. The molecule has 0 spiro atoms. The SMILES string of the molecule is CCC1CCCCN1CCCNC(=O)c1ccc2c(c1)CC(=O)/C(=C/c1ccccc1)S2. The maximum Gasteiger partial charge on any atom is 0.251 e. The van der Waals surface area contributed by atoms with E-state index in [4.69, 9.17) is 0 Å². The molecule has 32 heavy (non-hydrogen) atoms. The summed E-state index contributed by atoms with van der Waals surface area (Å²) in [4.78, 5) is 29.7. The first-order valence-corrected chi connectivity index (χ1v) is 12.6. The molecule has 2 aliphatic rings. The Morgan fingerprint density at radius 1 is 1.19 bits per heavy atom. The average molecular weight is 449 g/mol. The van der Waals surface area contributed by atoms with Gasteiger partial charge in [0.1, 0.15) is 0 Å². The van der Waals surface area contributed by atoms with Crippen LogP contribution < -0.4 is 5.32 Å². The molecule has 0 saturated carbocycles. The second-order valence-electron chi connectivity index (χ2n) is 8.65. The number of hydrogen-bond donors (Lipinski definition) is 1. The Kier molecular flexibility index (Phi) is 7.82. The zero-order chi connectivity index (χ0) is 22.3. The highest BCUT2D eigenvalue weighted by molar-refractivity contribution is 8.04. The maximum atomic E-state index is 12.7. The first-order valence-electron chi connectivity index (χ1n) is 11.8. The number of benzene rings is 2. The van der Waals surface area contributed by atoms with Gasteiger partial charge in [0.15, 0.2) is 5.78 Å². The number of rotatable bonds is 7. The highest BCUT2D eigenvalue weighted by Crippen LogP contribution is 2.37. The number of carbonyl (C=O) groups is 2. The molecule has 2 aromatic rings. The number of thioether (sulfide) groups is 1. The van der Waals surface area contributed by atoms with E-state index in [9.17, 15) is 9.59 Å². The van der Waals surface area contributed by atoms with Crippen molar-refractivity contribution in [2.45, 2.75) is 56.4 Å². The lowest BCUT2D eigenvalue weighted by Crippen LogP contribution is -2.40. The van der Waals surface area contributed by atoms with Crippen molar-refractivity contribution in [3.63, 3.8) is 0 Å². The monoisotopic (exact) mass is 448 g/mol. The second-order valence-corrected chi connectivity index (χ2v) is 9.73. The molecule has 2 aromatic carbocycles. The van der Waals surface area contributed by atoms with E-state index in [2.05, 4.69) is 17.1 Å². The molecule has 0 aliphatic carbocycles. The summed E-state index contributed by atoms with van der Waals surface area (Å²) < 4.78 is 0. The number of carbonyl (C=O) groups excluding carboxylic acids is 2. The summed E-state index contributed by atoms with van der Waals surface area (Å²) in [6.45, 7) is 5.18. The van der Waals surface area contributed by atoms with Crippen LogP contribution in [-0.2, 0) is 11.2 Å². The molecule has 1 fully saturated rings. The summed E-state index contributed by atoms with van der Waals surface area (Å²) in [6, 6.07) is 16.3. The Bertz CT molecular complexity index is 986. The van der Waals surface area contributed by atoms with E-state index in [-0.39, 0.29) is 11.7 Å². The summed E-state index contributed by atoms with van der Waals surface area (Å²) in [5.41, 5.74) is 2.60. The van der Waals surface area contributed by atoms with Gasteiger partial charge in [-0.2, -0.15) is 0 Å². The average Bonchev–Trinajstić information content (AvgIpc) is 2.82. The molecule has 5 heteroatoms. The highest BCUT2D eigenvalue weighted by Gasteiger charge is 2.23. The fraction of sp³-hybridized carbons (Fsp3) is 0.407. The van der Waals surface area contributed by atoms with Crippen LogP contribution in [0.25, 0.3) is 6.08 Å². The Labute approximate surface area is 195 Å². The van der Waals surface area contributed by atoms with Gasteiger partial charge in [-0.25, -0.2) is 0 Å². The number of ketones is 1. The third-order valence-electron chi connectivity index (χ3n) is 6.39. The zero-order valence-corrected chi connectivity index (χ0v) is 19.6. The third-order valence-corrected chi connectivity index (χ3v) is 7.58. The van der Waals surface area contributed by atoms with Crippen molar-refractivity contribution in [1.82, 2.24) is 10.2 Å². The number of nitrogens with zero attached hydrogens (tertiary/aromatic N) is 1. The van der Waals surface area contributed by atoms with Gasteiger partial charge in [-0.3, -0.25) is 9.59 Å². The van der Waals surface area contributed by atoms with Crippen LogP contribution in [0, 0.1) is 0 Å². The number of piperidine rings is 1. The lowest BCUT2D eigenvalue weighted by molar-refractivity contribution is -0.114. The first kappa shape index (κ1) is 22.8. The predicted octanol–water partition coefficient (Wildman–Crippen LogP) is 5.33. The van der Waals surface area contributed by atoms with E-state index in [0.717, 1.165) is 33.9 Å². The number of nitrogens with one attached hydrogen (secondary N) is 1. The molecule has 0 radical (unpaired) electrons. The molecular weight excluding hydrogens is 416 g/mol. The normalized spacial score (nSPS) is 20.2. The van der Waals surface area contributed by atoms with Crippen molar-refractivity contribution in [3.05, 3.63) is 70.1 Å². The van der Waals surface area contributed by atoms with Crippen LogP contribution in [-0.4, -0.2) is 42.3 Å². The molecule has 1 N–H and O–H groups in total. The number of Topliss-reactive ketones (excluding diaryl/α,β-unsaturated/α-hetero) is 1. The van der Waals surface area contributed by atoms with Gasteiger partial charge in [0, 0.05) is 36.0 Å². The molecule has 1 amide bonds.